The number of fused-ring (bicyclic) bond motifs is 2. The summed E-state index contributed by atoms with van der Waals surface area (Å²) >= 11 is 1.50. The molecule has 1 atom stereocenters. The molecule has 1 aliphatic rings. The summed E-state index contributed by atoms with van der Waals surface area (Å²) in [5, 5.41) is 4.65. The van der Waals surface area contributed by atoms with Crippen LogP contribution < -0.4 is 5.56 Å². The zero-order valence-corrected chi connectivity index (χ0v) is 16.7. The monoisotopic (exact) mass is 408 g/mol. The number of rotatable bonds is 4. The summed E-state index contributed by atoms with van der Waals surface area (Å²) in [7, 11) is 1.66. The molecular weight excluding hydrogens is 388 g/mol. The van der Waals surface area contributed by atoms with Crippen molar-refractivity contribution in [3.8, 4) is 11.4 Å². The van der Waals surface area contributed by atoms with Crippen LogP contribution in [0.25, 0.3) is 33.3 Å². The van der Waals surface area contributed by atoms with Crippen molar-refractivity contribution in [1.82, 2.24) is 19.9 Å². The van der Waals surface area contributed by atoms with Crippen LogP contribution in [-0.2, 0) is 4.74 Å². The van der Waals surface area contributed by atoms with Gasteiger partial charge in [-0.3, -0.25) is 9.59 Å². The third-order valence-electron chi connectivity index (χ3n) is 5.46. The van der Waals surface area contributed by atoms with Gasteiger partial charge in [-0.05, 0) is 37.1 Å². The van der Waals surface area contributed by atoms with Crippen LogP contribution in [0.1, 0.15) is 23.2 Å². The minimum Gasteiger partial charge on any atom is -0.383 e. The van der Waals surface area contributed by atoms with Crippen LogP contribution in [-0.4, -0.2) is 52.1 Å². The molecular formula is C21H20N4O3S. The van der Waals surface area contributed by atoms with Crippen LogP contribution in [0.3, 0.4) is 0 Å². The smallest absolute Gasteiger partial charge is 0.276 e. The lowest BCUT2D eigenvalue weighted by atomic mass is 10.1. The number of hydrogen-bond acceptors (Lipinski definition) is 5. The largest absolute Gasteiger partial charge is 0.383 e. The van der Waals surface area contributed by atoms with Gasteiger partial charge in [0.15, 0.2) is 5.69 Å². The van der Waals surface area contributed by atoms with Gasteiger partial charge in [0.2, 0.25) is 0 Å². The van der Waals surface area contributed by atoms with Crippen molar-refractivity contribution >= 4 is 39.2 Å². The predicted octanol–water partition coefficient (Wildman–Crippen LogP) is 3.38. The molecule has 5 rings (SSSR count). The number of H-pyrrole nitrogens is 2. The van der Waals surface area contributed by atoms with Crippen LogP contribution in [0.5, 0.6) is 0 Å². The van der Waals surface area contributed by atoms with E-state index in [1.807, 2.05) is 39.9 Å². The molecule has 1 amide bonds. The van der Waals surface area contributed by atoms with Gasteiger partial charge in [0.25, 0.3) is 11.5 Å². The average molecular weight is 408 g/mol. The highest BCUT2D eigenvalue weighted by Crippen LogP contribution is 2.26. The molecule has 1 saturated heterocycles. The molecule has 29 heavy (non-hydrogen) atoms. The van der Waals surface area contributed by atoms with Crippen LogP contribution in [0.4, 0.5) is 0 Å². The SMILES string of the molecule is COC[C@H]1CCCN1C(=O)c1ccc2[nH]c(-c3nc4cscc4[nH]c3=O)cc2c1. The molecule has 1 aliphatic heterocycles. The molecule has 8 heteroatoms. The fourth-order valence-corrected chi connectivity index (χ4v) is 4.73. The second kappa shape index (κ2) is 7.13. The molecule has 0 unspecified atom stereocenters. The number of nitrogens with zero attached hydrogens (tertiary/aromatic N) is 2. The van der Waals surface area contributed by atoms with Gasteiger partial charge < -0.3 is 19.6 Å². The Labute approximate surface area is 170 Å². The molecule has 3 aromatic heterocycles. The molecule has 2 N–H and O–H groups in total. The van der Waals surface area contributed by atoms with Gasteiger partial charge in [0.1, 0.15) is 0 Å². The Morgan fingerprint density at radius 2 is 2.17 bits per heavy atom. The van der Waals surface area contributed by atoms with Crippen molar-refractivity contribution in [3.05, 3.63) is 50.9 Å². The van der Waals surface area contributed by atoms with Crippen molar-refractivity contribution < 1.29 is 9.53 Å². The highest BCUT2D eigenvalue weighted by Gasteiger charge is 2.29. The first kappa shape index (κ1) is 18.1. The number of carbonyl (C=O) groups excluding carboxylic acids is 1. The Bertz CT molecular complexity index is 1270. The maximum absolute atomic E-state index is 13.0. The summed E-state index contributed by atoms with van der Waals surface area (Å²) in [6.45, 7) is 1.31. The number of thiophene rings is 1. The number of hydrogen-bond donors (Lipinski definition) is 2. The molecule has 0 aliphatic carbocycles. The normalized spacial score (nSPS) is 16.9. The van der Waals surface area contributed by atoms with Crippen LogP contribution in [0.15, 0.2) is 39.8 Å². The summed E-state index contributed by atoms with van der Waals surface area (Å²) in [5.74, 6) is 0.0184. The van der Waals surface area contributed by atoms with Crippen molar-refractivity contribution in [2.24, 2.45) is 0 Å². The third kappa shape index (κ3) is 3.14. The fraction of sp³-hybridized carbons (Fsp3) is 0.286. The van der Waals surface area contributed by atoms with E-state index in [1.54, 1.807) is 7.11 Å². The number of amides is 1. The zero-order chi connectivity index (χ0) is 20.0. The molecule has 1 fully saturated rings. The molecule has 4 heterocycles. The fourth-order valence-electron chi connectivity index (χ4n) is 4.03. The Hall–Kier alpha value is -2.97. The molecule has 148 valence electrons. The lowest BCUT2D eigenvalue weighted by Gasteiger charge is -2.24. The Morgan fingerprint density at radius 3 is 3.03 bits per heavy atom. The van der Waals surface area contributed by atoms with E-state index in [9.17, 15) is 9.59 Å². The quantitative estimate of drug-likeness (QED) is 0.542. The van der Waals surface area contributed by atoms with Gasteiger partial charge in [0, 0.05) is 40.9 Å². The van der Waals surface area contributed by atoms with E-state index in [2.05, 4.69) is 15.0 Å². The van der Waals surface area contributed by atoms with E-state index in [0.29, 0.717) is 23.6 Å². The second-order valence-electron chi connectivity index (χ2n) is 7.32. The van der Waals surface area contributed by atoms with Crippen molar-refractivity contribution in [2.45, 2.75) is 18.9 Å². The van der Waals surface area contributed by atoms with Gasteiger partial charge in [-0.25, -0.2) is 4.98 Å². The number of carbonyl (C=O) groups is 1. The van der Waals surface area contributed by atoms with Gasteiger partial charge >= 0.3 is 0 Å². The summed E-state index contributed by atoms with van der Waals surface area (Å²) < 4.78 is 5.26. The summed E-state index contributed by atoms with van der Waals surface area (Å²) in [4.78, 5) is 38.0. The van der Waals surface area contributed by atoms with Gasteiger partial charge in [-0.2, -0.15) is 0 Å². The van der Waals surface area contributed by atoms with Gasteiger partial charge in [-0.1, -0.05) is 0 Å². The number of benzene rings is 1. The number of aromatic amines is 2. The van der Waals surface area contributed by atoms with Crippen molar-refractivity contribution in [3.63, 3.8) is 0 Å². The highest BCUT2D eigenvalue weighted by atomic mass is 32.1. The number of likely N-dealkylation sites (tertiary alicyclic amines) is 1. The average Bonchev–Trinajstić information content (AvgIpc) is 3.45. The summed E-state index contributed by atoms with van der Waals surface area (Å²) in [5.41, 5.74) is 3.75. The topological polar surface area (TPSA) is 91.1 Å². The first-order valence-electron chi connectivity index (χ1n) is 9.53. The Balaban J connectivity index is 1.51. The third-order valence-corrected chi connectivity index (χ3v) is 6.19. The Morgan fingerprint density at radius 1 is 1.28 bits per heavy atom. The van der Waals surface area contributed by atoms with E-state index in [4.69, 9.17) is 4.74 Å². The van der Waals surface area contributed by atoms with E-state index in [0.717, 1.165) is 41.3 Å². The minimum atomic E-state index is -0.238. The maximum atomic E-state index is 13.0. The summed E-state index contributed by atoms with van der Waals surface area (Å²) in [6.07, 6.45) is 1.96. The number of methoxy groups -OCH3 is 1. The zero-order valence-electron chi connectivity index (χ0n) is 15.9. The molecule has 0 radical (unpaired) electrons. The molecule has 0 spiro atoms. The van der Waals surface area contributed by atoms with Crippen molar-refractivity contribution in [2.75, 3.05) is 20.3 Å². The lowest BCUT2D eigenvalue weighted by molar-refractivity contribution is 0.0631. The number of aromatic nitrogens is 3. The lowest BCUT2D eigenvalue weighted by Crippen LogP contribution is -2.38. The molecule has 0 bridgehead atoms. The van der Waals surface area contributed by atoms with Gasteiger partial charge in [-0.15, -0.1) is 11.3 Å². The molecule has 1 aromatic carbocycles. The molecule has 0 saturated carbocycles. The van der Waals surface area contributed by atoms with Gasteiger partial charge in [0.05, 0.1) is 29.4 Å². The molecule has 4 aromatic rings. The van der Waals surface area contributed by atoms with Crippen molar-refractivity contribution in [1.29, 1.82) is 0 Å². The first-order valence-corrected chi connectivity index (χ1v) is 10.5. The summed E-state index contributed by atoms with van der Waals surface area (Å²) in [6, 6.07) is 7.58. The van der Waals surface area contributed by atoms with E-state index >= 15 is 0 Å². The van der Waals surface area contributed by atoms with E-state index in [-0.39, 0.29) is 17.5 Å². The van der Waals surface area contributed by atoms with Crippen LogP contribution >= 0.6 is 11.3 Å². The highest BCUT2D eigenvalue weighted by molar-refractivity contribution is 7.09. The standard InChI is InChI=1S/C21H20N4O3S/c1-28-9-14-3-2-6-25(14)21(27)12-4-5-15-13(7-12)8-16(22-15)19-20(26)24-18-11-29-10-17(18)23-19/h4-5,7-8,10-11,14,22H,2-3,6,9H2,1H3,(H,24,26)/t14-/m1/s1. The Kier molecular flexibility index (Phi) is 4.44. The molecule has 7 nitrogen and oxygen atoms in total. The maximum Gasteiger partial charge on any atom is 0.276 e. The van der Waals surface area contributed by atoms with E-state index in [1.165, 1.54) is 11.3 Å². The number of nitrogens with one attached hydrogen (secondary N) is 2. The predicted molar refractivity (Wildman–Crippen MR) is 113 cm³/mol. The second-order valence-corrected chi connectivity index (χ2v) is 8.06. The first-order chi connectivity index (χ1) is 14.1. The van der Waals surface area contributed by atoms with Crippen LogP contribution in [0.2, 0.25) is 0 Å². The van der Waals surface area contributed by atoms with E-state index < -0.39 is 0 Å². The minimum absolute atomic E-state index is 0.0184. The van der Waals surface area contributed by atoms with Crippen LogP contribution in [0, 0.1) is 0 Å². The number of ether oxygens (including phenoxy) is 1.